The molecule has 1 aromatic carbocycles. The number of nitrogens with zero attached hydrogens (tertiary/aromatic N) is 1. The predicted molar refractivity (Wildman–Crippen MR) is 63.8 cm³/mol. The van der Waals surface area contributed by atoms with Crippen LogP contribution < -0.4 is 5.32 Å². The number of hydrogen-bond acceptors (Lipinski definition) is 1. The fraction of sp³-hybridized carbons (Fsp3) is 0.364. The molecule has 0 aliphatic heterocycles. The van der Waals surface area contributed by atoms with Gasteiger partial charge in [0.05, 0.1) is 5.56 Å². The van der Waals surface area contributed by atoms with E-state index in [1.165, 1.54) is 24.1 Å². The molecule has 0 saturated heterocycles. The Balaban J connectivity index is 2.77. The quantitative estimate of drug-likeness (QED) is 0.846. The van der Waals surface area contributed by atoms with Gasteiger partial charge in [-0.25, -0.2) is 4.79 Å². The van der Waals surface area contributed by atoms with Crippen molar-refractivity contribution in [3.05, 3.63) is 29.8 Å². The third kappa shape index (κ3) is 4.10. The second kappa shape index (κ2) is 5.95. The monoisotopic (exact) mass is 280 g/mol. The molecule has 1 aromatic rings. The van der Waals surface area contributed by atoms with Gasteiger partial charge < -0.3 is 10.2 Å². The highest BCUT2D eigenvalue weighted by Gasteiger charge is 2.30. The van der Waals surface area contributed by atoms with Gasteiger partial charge in [-0.15, -0.1) is 11.6 Å². The molecule has 0 aliphatic rings. The summed E-state index contributed by atoms with van der Waals surface area (Å²) >= 11 is 5.46. The van der Waals surface area contributed by atoms with Crippen LogP contribution in [0.15, 0.2) is 24.3 Å². The Morgan fingerprint density at radius 1 is 1.44 bits per heavy atom. The molecule has 7 heteroatoms. The van der Waals surface area contributed by atoms with Crippen molar-refractivity contribution in [2.45, 2.75) is 6.18 Å². The number of halogens is 4. The molecule has 1 N–H and O–H groups in total. The number of carbonyl (C=O) groups is 1. The minimum absolute atomic E-state index is 0.0937. The minimum atomic E-state index is -4.43. The molecule has 0 radical (unpaired) electrons. The van der Waals surface area contributed by atoms with Crippen LogP contribution in [0.3, 0.4) is 0 Å². The number of alkyl halides is 4. The molecule has 3 nitrogen and oxygen atoms in total. The van der Waals surface area contributed by atoms with Gasteiger partial charge in [-0.2, -0.15) is 13.2 Å². The van der Waals surface area contributed by atoms with Crippen molar-refractivity contribution in [2.75, 3.05) is 24.8 Å². The number of urea groups is 1. The van der Waals surface area contributed by atoms with Gasteiger partial charge in [-0.1, -0.05) is 6.07 Å². The molecule has 0 heterocycles. The van der Waals surface area contributed by atoms with Gasteiger partial charge >= 0.3 is 12.2 Å². The highest BCUT2D eigenvalue weighted by molar-refractivity contribution is 6.18. The van der Waals surface area contributed by atoms with Crippen LogP contribution in [0.25, 0.3) is 0 Å². The summed E-state index contributed by atoms with van der Waals surface area (Å²) in [5, 5.41) is 2.37. The highest BCUT2D eigenvalue weighted by Crippen LogP contribution is 2.30. The fourth-order valence-corrected chi connectivity index (χ4v) is 1.47. The van der Waals surface area contributed by atoms with Crippen molar-refractivity contribution in [2.24, 2.45) is 0 Å². The maximum Gasteiger partial charge on any atom is 0.416 e. The number of rotatable bonds is 3. The van der Waals surface area contributed by atoms with Gasteiger partial charge in [0.1, 0.15) is 0 Å². The minimum Gasteiger partial charge on any atom is -0.326 e. The van der Waals surface area contributed by atoms with Crippen molar-refractivity contribution in [1.82, 2.24) is 4.90 Å². The first-order chi connectivity index (χ1) is 8.34. The zero-order valence-electron chi connectivity index (χ0n) is 9.59. The topological polar surface area (TPSA) is 32.3 Å². The van der Waals surface area contributed by atoms with E-state index in [4.69, 9.17) is 11.6 Å². The average Bonchev–Trinajstić information content (AvgIpc) is 2.28. The maximum absolute atomic E-state index is 12.4. The van der Waals surface area contributed by atoms with Crippen molar-refractivity contribution < 1.29 is 18.0 Å². The molecule has 0 unspecified atom stereocenters. The Bertz CT molecular complexity index is 423. The second-order valence-electron chi connectivity index (χ2n) is 3.62. The van der Waals surface area contributed by atoms with Crippen LogP contribution >= 0.6 is 11.6 Å². The van der Waals surface area contributed by atoms with Gasteiger partial charge in [0.25, 0.3) is 0 Å². The van der Waals surface area contributed by atoms with Crippen LogP contribution in [0.5, 0.6) is 0 Å². The van der Waals surface area contributed by atoms with E-state index < -0.39 is 17.8 Å². The smallest absolute Gasteiger partial charge is 0.326 e. The first-order valence-electron chi connectivity index (χ1n) is 5.10. The molecular formula is C11H12ClF3N2O. The molecule has 100 valence electrons. The summed E-state index contributed by atoms with van der Waals surface area (Å²) in [4.78, 5) is 12.8. The average molecular weight is 281 g/mol. The molecule has 0 aromatic heterocycles. The summed E-state index contributed by atoms with van der Waals surface area (Å²) in [6.07, 6.45) is -4.43. The van der Waals surface area contributed by atoms with Gasteiger partial charge in [0, 0.05) is 25.2 Å². The number of amides is 2. The summed E-state index contributed by atoms with van der Waals surface area (Å²) < 4.78 is 37.3. The largest absolute Gasteiger partial charge is 0.416 e. The van der Waals surface area contributed by atoms with E-state index in [1.54, 1.807) is 0 Å². The molecule has 0 aliphatic carbocycles. The Labute approximate surface area is 108 Å². The standard InChI is InChI=1S/C11H12ClF3N2O/c1-17(6-5-12)10(18)16-9-4-2-3-8(7-9)11(13,14)15/h2-4,7H,5-6H2,1H3,(H,16,18). The van der Waals surface area contributed by atoms with Crippen LogP contribution in [0, 0.1) is 0 Å². The molecule has 0 saturated carbocycles. The molecule has 0 spiro atoms. The van der Waals surface area contributed by atoms with Gasteiger partial charge in [0.2, 0.25) is 0 Å². The number of hydrogen-bond donors (Lipinski definition) is 1. The number of nitrogens with one attached hydrogen (secondary N) is 1. The number of anilines is 1. The SMILES string of the molecule is CN(CCCl)C(=O)Nc1cccc(C(F)(F)F)c1. The molecule has 18 heavy (non-hydrogen) atoms. The number of carbonyl (C=O) groups excluding carboxylic acids is 1. The van der Waals surface area contributed by atoms with E-state index in [-0.39, 0.29) is 11.6 Å². The van der Waals surface area contributed by atoms with Crippen molar-refractivity contribution in [3.63, 3.8) is 0 Å². The summed E-state index contributed by atoms with van der Waals surface area (Å²) in [6.45, 7) is 0.312. The molecule has 2 amide bonds. The summed E-state index contributed by atoms with van der Waals surface area (Å²) in [5.41, 5.74) is -0.712. The molecule has 0 atom stereocenters. The lowest BCUT2D eigenvalue weighted by Gasteiger charge is -2.17. The Morgan fingerprint density at radius 3 is 2.67 bits per heavy atom. The van der Waals surface area contributed by atoms with E-state index in [2.05, 4.69) is 5.32 Å². The lowest BCUT2D eigenvalue weighted by molar-refractivity contribution is -0.137. The lowest BCUT2D eigenvalue weighted by atomic mass is 10.2. The summed E-state index contributed by atoms with van der Waals surface area (Å²) in [7, 11) is 1.51. The van der Waals surface area contributed by atoms with Gasteiger partial charge in [-0.05, 0) is 18.2 Å². The van der Waals surface area contributed by atoms with Crippen LogP contribution in [0.1, 0.15) is 5.56 Å². The van der Waals surface area contributed by atoms with Crippen molar-refractivity contribution in [1.29, 1.82) is 0 Å². The zero-order chi connectivity index (χ0) is 13.8. The molecule has 0 fully saturated rings. The summed E-state index contributed by atoms with van der Waals surface area (Å²) in [6, 6.07) is 3.95. The number of benzene rings is 1. The Kier molecular flexibility index (Phi) is 4.84. The van der Waals surface area contributed by atoms with Crippen LogP contribution in [0.2, 0.25) is 0 Å². The van der Waals surface area contributed by atoms with E-state index in [0.717, 1.165) is 12.1 Å². The molecule has 1 rings (SSSR count). The third-order valence-electron chi connectivity index (χ3n) is 2.21. The Hall–Kier alpha value is -1.43. The van der Waals surface area contributed by atoms with E-state index in [1.807, 2.05) is 0 Å². The predicted octanol–water partition coefficient (Wildman–Crippen LogP) is 3.41. The van der Waals surface area contributed by atoms with Crippen LogP contribution in [0.4, 0.5) is 23.7 Å². The van der Waals surface area contributed by atoms with Gasteiger partial charge in [0.15, 0.2) is 0 Å². The van der Waals surface area contributed by atoms with Gasteiger partial charge in [-0.3, -0.25) is 0 Å². The van der Waals surface area contributed by atoms with E-state index in [0.29, 0.717) is 6.54 Å². The normalized spacial score (nSPS) is 11.2. The highest BCUT2D eigenvalue weighted by atomic mass is 35.5. The van der Waals surface area contributed by atoms with E-state index in [9.17, 15) is 18.0 Å². The molecule has 0 bridgehead atoms. The first-order valence-corrected chi connectivity index (χ1v) is 5.63. The Morgan fingerprint density at radius 2 is 2.11 bits per heavy atom. The van der Waals surface area contributed by atoms with Crippen molar-refractivity contribution >= 4 is 23.3 Å². The van der Waals surface area contributed by atoms with Crippen LogP contribution in [-0.4, -0.2) is 30.4 Å². The van der Waals surface area contributed by atoms with Crippen molar-refractivity contribution in [3.8, 4) is 0 Å². The molecular weight excluding hydrogens is 269 g/mol. The third-order valence-corrected chi connectivity index (χ3v) is 2.38. The lowest BCUT2D eigenvalue weighted by Crippen LogP contribution is -2.32. The summed E-state index contributed by atoms with van der Waals surface area (Å²) in [5.74, 6) is 0.256. The fourth-order valence-electron chi connectivity index (χ4n) is 1.22. The van der Waals surface area contributed by atoms with Crippen LogP contribution in [-0.2, 0) is 6.18 Å². The second-order valence-corrected chi connectivity index (χ2v) is 4.00. The zero-order valence-corrected chi connectivity index (χ0v) is 10.3. The first kappa shape index (κ1) is 14.6. The maximum atomic E-state index is 12.4. The van der Waals surface area contributed by atoms with E-state index >= 15 is 0 Å².